The van der Waals surface area contributed by atoms with E-state index in [1.165, 1.54) is 7.11 Å². The molecule has 0 saturated heterocycles. The Morgan fingerprint density at radius 2 is 1.85 bits per heavy atom. The van der Waals surface area contributed by atoms with Crippen molar-refractivity contribution in [1.29, 1.82) is 0 Å². The number of ether oxygens (including phenoxy) is 1. The lowest BCUT2D eigenvalue weighted by atomic mass is 10.2. The van der Waals surface area contributed by atoms with Crippen LogP contribution in [0.25, 0.3) is 0 Å². The van der Waals surface area contributed by atoms with Gasteiger partial charge in [-0.15, -0.1) is 0 Å². The van der Waals surface area contributed by atoms with Crippen LogP contribution in [0, 0.1) is 0 Å². The van der Waals surface area contributed by atoms with Gasteiger partial charge in [0.1, 0.15) is 6.04 Å². The Kier molecular flexibility index (Phi) is 7.72. The molecular weight excluding hydrogens is 202 g/mol. The van der Waals surface area contributed by atoms with Gasteiger partial charge in [-0.1, -0.05) is 6.92 Å². The molecule has 0 aromatic carbocycles. The summed E-state index contributed by atoms with van der Waals surface area (Å²) in [5.41, 5.74) is 5.25. The van der Waals surface area contributed by atoms with Gasteiger partial charge < -0.3 is 10.5 Å². The molecule has 0 aliphatic heterocycles. The van der Waals surface area contributed by atoms with Crippen LogP contribution in [0.2, 0.25) is 0 Å². The van der Waals surface area contributed by atoms with Crippen LogP contribution in [0.1, 0.15) is 13.3 Å². The monoisotopic (exact) mass is 215 g/mol. The molecule has 13 heavy (non-hydrogen) atoms. The molecule has 4 N–H and O–H groups in total. The van der Waals surface area contributed by atoms with Gasteiger partial charge in [-0.05, 0) is 6.42 Å². The number of nitrogens with two attached hydrogens (primary N) is 1. The lowest BCUT2D eigenvalue weighted by Crippen LogP contribution is -2.30. The van der Waals surface area contributed by atoms with E-state index in [0.29, 0.717) is 6.42 Å². The fourth-order valence-electron chi connectivity index (χ4n) is 0.318. The summed E-state index contributed by atoms with van der Waals surface area (Å²) in [6, 6.07) is -0.444. The van der Waals surface area contributed by atoms with E-state index in [1.807, 2.05) is 6.92 Å². The number of esters is 1. The molecule has 0 aliphatic rings. The highest BCUT2D eigenvalue weighted by atomic mass is 32.3. The third-order valence-electron chi connectivity index (χ3n) is 0.944. The van der Waals surface area contributed by atoms with Gasteiger partial charge in [0, 0.05) is 0 Å². The third-order valence-corrected chi connectivity index (χ3v) is 0.944. The Bertz CT molecular complexity index is 227. The lowest BCUT2D eigenvalue weighted by molar-refractivity contribution is -0.142. The molecule has 7 nitrogen and oxygen atoms in total. The van der Waals surface area contributed by atoms with Crippen molar-refractivity contribution in [3.63, 3.8) is 0 Å². The second-order valence-corrected chi connectivity index (χ2v) is 2.88. The normalized spacial score (nSPS) is 12.4. The first kappa shape index (κ1) is 14.8. The molecule has 0 saturated carbocycles. The standard InChI is InChI=1S/C5H11NO2.H2O4S/c1-3-4(6)5(7)8-2;1-5(2,3)4/h4H,3,6H2,1-2H3;(H2,1,2,3,4). The predicted octanol–water partition coefficient (Wildman–Crippen LogP) is -0.756. The molecule has 0 amide bonds. The summed E-state index contributed by atoms with van der Waals surface area (Å²) in [6.07, 6.45) is 0.632. The minimum atomic E-state index is -4.67. The van der Waals surface area contributed by atoms with Crippen molar-refractivity contribution in [2.75, 3.05) is 7.11 Å². The molecule has 0 heterocycles. The summed E-state index contributed by atoms with van der Waals surface area (Å²) in [5.74, 6) is -0.340. The average Bonchev–Trinajstić information content (AvgIpc) is 1.98. The SMILES string of the molecule is CCC(N)C(=O)OC.O=S(=O)(O)O. The largest absolute Gasteiger partial charge is 0.468 e. The van der Waals surface area contributed by atoms with Crippen molar-refractivity contribution in [3.05, 3.63) is 0 Å². The molecule has 0 aromatic rings. The Balaban J connectivity index is 0. The number of hydrogen-bond donors (Lipinski definition) is 3. The summed E-state index contributed by atoms with van der Waals surface area (Å²) in [4.78, 5) is 10.4. The second-order valence-electron chi connectivity index (χ2n) is 1.99. The van der Waals surface area contributed by atoms with Crippen LogP contribution in [0.5, 0.6) is 0 Å². The summed E-state index contributed by atoms with van der Waals surface area (Å²) in [6.45, 7) is 1.83. The molecule has 0 fully saturated rings. The molecule has 1 unspecified atom stereocenters. The first-order chi connectivity index (χ1) is 5.72. The van der Waals surface area contributed by atoms with Crippen LogP contribution in [-0.4, -0.2) is 36.6 Å². The predicted molar refractivity (Wildman–Crippen MR) is 44.5 cm³/mol. The van der Waals surface area contributed by atoms with Gasteiger partial charge in [0.05, 0.1) is 7.11 Å². The van der Waals surface area contributed by atoms with Crippen molar-refractivity contribution in [1.82, 2.24) is 0 Å². The first-order valence-electron chi connectivity index (χ1n) is 3.25. The number of carbonyl (C=O) groups is 1. The Morgan fingerprint density at radius 3 is 1.92 bits per heavy atom. The van der Waals surface area contributed by atoms with Gasteiger partial charge in [-0.2, -0.15) is 8.42 Å². The molecule has 0 aromatic heterocycles. The molecule has 1 atom stereocenters. The van der Waals surface area contributed by atoms with Crippen LogP contribution >= 0.6 is 0 Å². The van der Waals surface area contributed by atoms with Crippen molar-refractivity contribution in [3.8, 4) is 0 Å². The van der Waals surface area contributed by atoms with E-state index < -0.39 is 16.4 Å². The maximum atomic E-state index is 10.4. The van der Waals surface area contributed by atoms with Crippen LogP contribution in [-0.2, 0) is 19.9 Å². The van der Waals surface area contributed by atoms with Crippen LogP contribution < -0.4 is 5.73 Å². The van der Waals surface area contributed by atoms with Gasteiger partial charge in [0.2, 0.25) is 0 Å². The third kappa shape index (κ3) is 18.3. The zero-order chi connectivity index (χ0) is 11.1. The zero-order valence-electron chi connectivity index (χ0n) is 7.30. The quantitative estimate of drug-likeness (QED) is 0.408. The summed E-state index contributed by atoms with van der Waals surface area (Å²) >= 11 is 0. The Morgan fingerprint density at radius 1 is 1.54 bits per heavy atom. The molecule has 80 valence electrons. The lowest BCUT2D eigenvalue weighted by Gasteiger charge is -2.03. The van der Waals surface area contributed by atoms with Gasteiger partial charge >= 0.3 is 16.4 Å². The zero-order valence-corrected chi connectivity index (χ0v) is 8.11. The maximum absolute atomic E-state index is 10.4. The van der Waals surface area contributed by atoms with Gasteiger partial charge in [0.15, 0.2) is 0 Å². The molecule has 8 heteroatoms. The number of methoxy groups -OCH3 is 1. The highest BCUT2D eigenvalue weighted by molar-refractivity contribution is 7.79. The number of rotatable bonds is 2. The molecule has 0 bridgehead atoms. The minimum absolute atomic E-state index is 0.340. The molecule has 0 aliphatic carbocycles. The van der Waals surface area contributed by atoms with E-state index in [9.17, 15) is 4.79 Å². The Labute approximate surface area is 76.5 Å². The fourth-order valence-corrected chi connectivity index (χ4v) is 0.318. The Hall–Kier alpha value is -0.700. The van der Waals surface area contributed by atoms with Crippen LogP contribution in [0.4, 0.5) is 0 Å². The summed E-state index contributed by atoms with van der Waals surface area (Å²) < 4.78 is 35.9. The number of hydrogen-bond acceptors (Lipinski definition) is 5. The highest BCUT2D eigenvalue weighted by Crippen LogP contribution is 1.86. The summed E-state index contributed by atoms with van der Waals surface area (Å²) in [5, 5.41) is 0. The van der Waals surface area contributed by atoms with E-state index in [0.717, 1.165) is 0 Å². The van der Waals surface area contributed by atoms with Gasteiger partial charge in [-0.3, -0.25) is 13.9 Å². The van der Waals surface area contributed by atoms with E-state index in [4.69, 9.17) is 23.3 Å². The second kappa shape index (κ2) is 6.78. The minimum Gasteiger partial charge on any atom is -0.468 e. The van der Waals surface area contributed by atoms with Crippen molar-refractivity contribution >= 4 is 16.4 Å². The number of carbonyl (C=O) groups excluding carboxylic acids is 1. The van der Waals surface area contributed by atoms with E-state index in [1.54, 1.807) is 0 Å². The van der Waals surface area contributed by atoms with Crippen LogP contribution in [0.15, 0.2) is 0 Å². The van der Waals surface area contributed by atoms with Gasteiger partial charge in [0.25, 0.3) is 0 Å². The average molecular weight is 215 g/mol. The summed E-state index contributed by atoms with van der Waals surface area (Å²) in [7, 11) is -3.34. The highest BCUT2D eigenvalue weighted by Gasteiger charge is 2.08. The molecule has 0 rings (SSSR count). The topological polar surface area (TPSA) is 127 Å². The van der Waals surface area contributed by atoms with Crippen LogP contribution in [0.3, 0.4) is 0 Å². The van der Waals surface area contributed by atoms with E-state index in [-0.39, 0.29) is 5.97 Å². The van der Waals surface area contributed by atoms with Crippen molar-refractivity contribution in [2.24, 2.45) is 5.73 Å². The first-order valence-corrected chi connectivity index (χ1v) is 4.65. The molecular formula is C5H13NO6S. The van der Waals surface area contributed by atoms with E-state index >= 15 is 0 Å². The maximum Gasteiger partial charge on any atom is 0.394 e. The van der Waals surface area contributed by atoms with Crippen molar-refractivity contribution in [2.45, 2.75) is 19.4 Å². The molecule has 0 radical (unpaired) electrons. The molecule has 0 spiro atoms. The smallest absolute Gasteiger partial charge is 0.394 e. The van der Waals surface area contributed by atoms with E-state index in [2.05, 4.69) is 4.74 Å². The fraction of sp³-hybridized carbons (Fsp3) is 0.800. The van der Waals surface area contributed by atoms with Crippen molar-refractivity contribution < 1.29 is 27.1 Å². The van der Waals surface area contributed by atoms with Gasteiger partial charge in [-0.25, -0.2) is 0 Å².